The monoisotopic (exact) mass is 468 g/mol. The third-order valence-electron chi connectivity index (χ3n) is 4.75. The van der Waals surface area contributed by atoms with Gasteiger partial charge in [0.1, 0.15) is 17.7 Å². The van der Waals surface area contributed by atoms with Crippen molar-refractivity contribution >= 4 is 35.1 Å². The van der Waals surface area contributed by atoms with Crippen LogP contribution in [0.5, 0.6) is 5.75 Å². The molecule has 1 atom stereocenters. The number of nitrogens with one attached hydrogen (secondary N) is 2. The molecule has 0 aliphatic rings. The van der Waals surface area contributed by atoms with Gasteiger partial charge in [-0.2, -0.15) is 0 Å². The molecular formula is C24H25ClN4O4. The lowest BCUT2D eigenvalue weighted by Crippen LogP contribution is -2.30. The van der Waals surface area contributed by atoms with E-state index in [0.29, 0.717) is 22.4 Å². The number of aromatic nitrogens is 1. The number of carbonyl (C=O) groups is 2. The molecular weight excluding hydrogens is 444 g/mol. The standard InChI is InChI=1S/C24H24N4O4.ClH/c1-16(28(2)3)32-22-15-21(26-20-9-5-4-8-19(20)22)24(30)25-14-6-7-17-10-12-18(13-11-17)23(29)27-31;/h4-5,8-13,15-16,31H,14H2,1-3H3,(H,25,30)(H,27,29);1H. The molecule has 1 unspecified atom stereocenters. The molecule has 0 spiro atoms. The Kier molecular flexibility index (Phi) is 9.18. The average Bonchev–Trinajstić information content (AvgIpc) is 2.81. The van der Waals surface area contributed by atoms with Crippen LogP contribution in [-0.2, 0) is 0 Å². The fourth-order valence-electron chi connectivity index (χ4n) is 2.78. The Labute approximate surface area is 198 Å². The summed E-state index contributed by atoms with van der Waals surface area (Å²) in [5, 5.41) is 12.2. The second-order valence-corrected chi connectivity index (χ2v) is 7.21. The number of pyridine rings is 1. The summed E-state index contributed by atoms with van der Waals surface area (Å²) in [4.78, 5) is 30.4. The zero-order chi connectivity index (χ0) is 23.1. The molecule has 9 heteroatoms. The van der Waals surface area contributed by atoms with Gasteiger partial charge in [-0.25, -0.2) is 10.5 Å². The van der Waals surface area contributed by atoms with Crippen LogP contribution >= 0.6 is 12.4 Å². The number of rotatable bonds is 6. The summed E-state index contributed by atoms with van der Waals surface area (Å²) in [6, 6.07) is 15.5. The molecule has 172 valence electrons. The van der Waals surface area contributed by atoms with Crippen LogP contribution in [0.2, 0.25) is 0 Å². The topological polar surface area (TPSA) is 104 Å². The smallest absolute Gasteiger partial charge is 0.274 e. The van der Waals surface area contributed by atoms with Crippen LogP contribution in [0.1, 0.15) is 33.3 Å². The third-order valence-corrected chi connectivity index (χ3v) is 4.75. The van der Waals surface area contributed by atoms with Crippen molar-refractivity contribution < 1.29 is 19.5 Å². The molecule has 0 aliphatic heterocycles. The maximum absolute atomic E-state index is 12.6. The van der Waals surface area contributed by atoms with E-state index in [-0.39, 0.29) is 36.8 Å². The van der Waals surface area contributed by atoms with E-state index in [9.17, 15) is 9.59 Å². The first kappa shape index (κ1) is 25.6. The Morgan fingerprint density at radius 2 is 1.82 bits per heavy atom. The van der Waals surface area contributed by atoms with E-state index < -0.39 is 5.91 Å². The van der Waals surface area contributed by atoms with Gasteiger partial charge in [0.05, 0.1) is 12.1 Å². The van der Waals surface area contributed by atoms with E-state index in [2.05, 4.69) is 22.1 Å². The van der Waals surface area contributed by atoms with Gasteiger partial charge in [0.25, 0.3) is 11.8 Å². The lowest BCUT2D eigenvalue weighted by molar-refractivity contribution is 0.0706. The Hall–Kier alpha value is -3.64. The van der Waals surface area contributed by atoms with Crippen LogP contribution in [0.4, 0.5) is 0 Å². The quantitative estimate of drug-likeness (QED) is 0.222. The molecule has 3 N–H and O–H groups in total. The number of benzene rings is 2. The predicted molar refractivity (Wildman–Crippen MR) is 128 cm³/mol. The molecule has 1 aromatic heterocycles. The first-order valence-electron chi connectivity index (χ1n) is 9.93. The Morgan fingerprint density at radius 1 is 1.12 bits per heavy atom. The van der Waals surface area contributed by atoms with Crippen LogP contribution in [0.3, 0.4) is 0 Å². The molecule has 2 amide bonds. The molecule has 3 rings (SSSR count). The Morgan fingerprint density at radius 3 is 2.48 bits per heavy atom. The summed E-state index contributed by atoms with van der Waals surface area (Å²) in [5.41, 5.74) is 3.47. The lowest BCUT2D eigenvalue weighted by Gasteiger charge is -2.22. The van der Waals surface area contributed by atoms with E-state index in [0.717, 1.165) is 5.39 Å². The first-order valence-corrected chi connectivity index (χ1v) is 9.93. The highest BCUT2D eigenvalue weighted by Crippen LogP contribution is 2.26. The molecule has 33 heavy (non-hydrogen) atoms. The number of hydroxylamine groups is 1. The summed E-state index contributed by atoms with van der Waals surface area (Å²) in [5.74, 6) is 5.40. The van der Waals surface area contributed by atoms with Crippen LogP contribution in [0.15, 0.2) is 54.6 Å². The van der Waals surface area contributed by atoms with E-state index >= 15 is 0 Å². The minimum Gasteiger partial charge on any atom is -0.475 e. The van der Waals surface area contributed by atoms with Crippen LogP contribution in [0.25, 0.3) is 10.9 Å². The molecule has 0 aliphatic carbocycles. The summed E-state index contributed by atoms with van der Waals surface area (Å²) < 4.78 is 6.03. The van der Waals surface area contributed by atoms with Gasteiger partial charge in [-0.3, -0.25) is 19.7 Å². The minimum absolute atomic E-state index is 0. The van der Waals surface area contributed by atoms with Crippen molar-refractivity contribution in [3.63, 3.8) is 0 Å². The number of hydrogen-bond donors (Lipinski definition) is 3. The molecule has 0 saturated carbocycles. The van der Waals surface area contributed by atoms with Crippen molar-refractivity contribution in [3.8, 4) is 17.6 Å². The van der Waals surface area contributed by atoms with E-state index in [1.54, 1.807) is 35.8 Å². The van der Waals surface area contributed by atoms with Gasteiger partial charge in [-0.1, -0.05) is 24.0 Å². The van der Waals surface area contributed by atoms with Gasteiger partial charge in [0.15, 0.2) is 0 Å². The number of ether oxygens (including phenoxy) is 1. The summed E-state index contributed by atoms with van der Waals surface area (Å²) in [7, 11) is 3.82. The molecule has 1 heterocycles. The zero-order valence-electron chi connectivity index (χ0n) is 18.5. The highest BCUT2D eigenvalue weighted by atomic mass is 35.5. The Balaban J connectivity index is 0.00000385. The normalized spacial score (nSPS) is 11.1. The molecule has 0 radical (unpaired) electrons. The van der Waals surface area contributed by atoms with E-state index in [1.165, 1.54) is 0 Å². The second kappa shape index (κ2) is 11.8. The van der Waals surface area contributed by atoms with E-state index in [4.69, 9.17) is 9.94 Å². The molecule has 2 aromatic carbocycles. The maximum atomic E-state index is 12.6. The van der Waals surface area contributed by atoms with Crippen molar-refractivity contribution in [3.05, 3.63) is 71.4 Å². The fourth-order valence-corrected chi connectivity index (χ4v) is 2.78. The van der Waals surface area contributed by atoms with Gasteiger partial charge in [-0.15, -0.1) is 12.4 Å². The van der Waals surface area contributed by atoms with Crippen molar-refractivity contribution in [2.75, 3.05) is 20.6 Å². The number of halogens is 1. The summed E-state index contributed by atoms with van der Waals surface area (Å²) in [6.07, 6.45) is -0.183. The molecule has 0 fully saturated rings. The number of hydrogen-bond acceptors (Lipinski definition) is 6. The van der Waals surface area contributed by atoms with Gasteiger partial charge >= 0.3 is 0 Å². The van der Waals surface area contributed by atoms with Gasteiger partial charge in [0, 0.05) is 22.6 Å². The molecule has 8 nitrogen and oxygen atoms in total. The highest BCUT2D eigenvalue weighted by molar-refractivity contribution is 5.97. The predicted octanol–water partition coefficient (Wildman–Crippen LogP) is 2.84. The number of amides is 2. The van der Waals surface area contributed by atoms with Gasteiger partial charge in [-0.05, 0) is 57.4 Å². The van der Waals surface area contributed by atoms with Gasteiger partial charge in [0.2, 0.25) is 0 Å². The third kappa shape index (κ3) is 6.67. The Bertz CT molecular complexity index is 1190. The SMILES string of the molecule is CC(Oc1cc(C(=O)NCC#Cc2ccc(C(=O)NO)cc2)nc2ccccc12)N(C)C.Cl. The first-order chi connectivity index (χ1) is 15.4. The van der Waals surface area contributed by atoms with Crippen LogP contribution in [-0.4, -0.2) is 53.8 Å². The van der Waals surface area contributed by atoms with E-state index in [1.807, 2.05) is 50.2 Å². The van der Waals surface area contributed by atoms with Crippen LogP contribution < -0.4 is 15.5 Å². The number of para-hydroxylation sites is 1. The summed E-state index contributed by atoms with van der Waals surface area (Å²) in [6.45, 7) is 2.05. The zero-order valence-corrected chi connectivity index (χ0v) is 19.3. The molecule has 0 bridgehead atoms. The van der Waals surface area contributed by atoms with Crippen molar-refractivity contribution in [1.29, 1.82) is 0 Å². The maximum Gasteiger partial charge on any atom is 0.274 e. The van der Waals surface area contributed by atoms with Crippen molar-refractivity contribution in [1.82, 2.24) is 20.7 Å². The minimum atomic E-state index is -0.594. The number of fused-ring (bicyclic) bond motifs is 1. The lowest BCUT2D eigenvalue weighted by atomic mass is 10.1. The van der Waals surface area contributed by atoms with Crippen LogP contribution in [0, 0.1) is 11.8 Å². The number of carbonyl (C=O) groups excluding carboxylic acids is 2. The summed E-state index contributed by atoms with van der Waals surface area (Å²) >= 11 is 0. The molecule has 0 saturated heterocycles. The highest BCUT2D eigenvalue weighted by Gasteiger charge is 2.15. The van der Waals surface area contributed by atoms with Crippen molar-refractivity contribution in [2.24, 2.45) is 0 Å². The average molecular weight is 469 g/mol. The largest absolute Gasteiger partial charge is 0.475 e. The molecule has 3 aromatic rings. The van der Waals surface area contributed by atoms with Gasteiger partial charge < -0.3 is 10.1 Å². The number of nitrogens with zero attached hydrogens (tertiary/aromatic N) is 2. The van der Waals surface area contributed by atoms with Crippen molar-refractivity contribution in [2.45, 2.75) is 13.2 Å². The second-order valence-electron chi connectivity index (χ2n) is 7.21. The fraction of sp³-hybridized carbons (Fsp3) is 0.208.